The summed E-state index contributed by atoms with van der Waals surface area (Å²) in [6, 6.07) is 8.45. The maximum absolute atomic E-state index is 13.0. The first-order valence-electron chi connectivity index (χ1n) is 10.1. The van der Waals surface area contributed by atoms with Crippen LogP contribution in [0.1, 0.15) is 24.1 Å². The van der Waals surface area contributed by atoms with Crippen LogP contribution in [0.3, 0.4) is 0 Å². The fourth-order valence-electron chi connectivity index (χ4n) is 3.82. The van der Waals surface area contributed by atoms with E-state index in [0.29, 0.717) is 29.2 Å². The maximum atomic E-state index is 13.0. The van der Waals surface area contributed by atoms with Gasteiger partial charge in [-0.15, -0.1) is 0 Å². The molecule has 0 saturated carbocycles. The predicted molar refractivity (Wildman–Crippen MR) is 113 cm³/mol. The highest BCUT2D eigenvalue weighted by Crippen LogP contribution is 2.43. The summed E-state index contributed by atoms with van der Waals surface area (Å²) in [5, 5.41) is 21.2. The van der Waals surface area contributed by atoms with E-state index < -0.39 is 17.7 Å². The summed E-state index contributed by atoms with van der Waals surface area (Å²) in [6.07, 6.45) is 0. The van der Waals surface area contributed by atoms with E-state index in [1.165, 1.54) is 18.1 Å². The molecule has 2 aliphatic heterocycles. The number of hydrogen-bond donors (Lipinski definition) is 2. The number of carbonyl (C=O) groups is 2. The van der Waals surface area contributed by atoms with Crippen LogP contribution in [0.2, 0.25) is 0 Å². The number of aromatic hydroxyl groups is 1. The van der Waals surface area contributed by atoms with Gasteiger partial charge in [-0.3, -0.25) is 9.59 Å². The lowest BCUT2D eigenvalue weighted by Crippen LogP contribution is -2.32. The number of methoxy groups -OCH3 is 1. The van der Waals surface area contributed by atoms with Crippen molar-refractivity contribution in [2.24, 2.45) is 0 Å². The van der Waals surface area contributed by atoms with Crippen molar-refractivity contribution < 1.29 is 38.7 Å². The van der Waals surface area contributed by atoms with Gasteiger partial charge in [-0.2, -0.15) is 0 Å². The Morgan fingerprint density at radius 1 is 1.16 bits per heavy atom. The fourth-order valence-corrected chi connectivity index (χ4v) is 3.82. The average Bonchev–Trinajstić information content (AvgIpc) is 3.36. The van der Waals surface area contributed by atoms with E-state index in [-0.39, 0.29) is 42.8 Å². The second-order valence-corrected chi connectivity index (χ2v) is 7.21. The number of fused-ring (bicyclic) bond motifs is 1. The molecule has 0 aliphatic carbocycles. The highest BCUT2D eigenvalue weighted by molar-refractivity contribution is 6.46. The zero-order chi connectivity index (χ0) is 22.8. The number of carbonyl (C=O) groups excluding carboxylic acids is 2. The molecule has 1 saturated heterocycles. The number of benzene rings is 2. The fraction of sp³-hybridized carbons (Fsp3) is 0.304. The van der Waals surface area contributed by atoms with Crippen LogP contribution in [0.25, 0.3) is 5.76 Å². The molecule has 4 rings (SSSR count). The van der Waals surface area contributed by atoms with Gasteiger partial charge in [0.25, 0.3) is 11.7 Å². The van der Waals surface area contributed by atoms with Crippen molar-refractivity contribution in [1.82, 2.24) is 4.90 Å². The molecule has 0 radical (unpaired) electrons. The Labute approximate surface area is 184 Å². The summed E-state index contributed by atoms with van der Waals surface area (Å²) >= 11 is 0. The Hall–Kier alpha value is -3.72. The van der Waals surface area contributed by atoms with E-state index in [1.807, 2.05) is 0 Å². The van der Waals surface area contributed by atoms with Gasteiger partial charge in [-0.1, -0.05) is 6.07 Å². The van der Waals surface area contributed by atoms with E-state index in [4.69, 9.17) is 18.9 Å². The number of aliphatic hydroxyl groups is 1. The lowest BCUT2D eigenvalue weighted by Gasteiger charge is -2.25. The van der Waals surface area contributed by atoms with Gasteiger partial charge in [0, 0.05) is 19.2 Å². The number of likely N-dealkylation sites (tertiary alicyclic amines) is 1. The summed E-state index contributed by atoms with van der Waals surface area (Å²) in [4.78, 5) is 27.2. The van der Waals surface area contributed by atoms with Crippen molar-refractivity contribution in [1.29, 1.82) is 0 Å². The standard InChI is InChI=1S/C23H23NO8/c1-3-30-17-10-13(4-6-15(17)25)20-19(22(27)23(28)24(20)8-9-29-2)21(26)14-5-7-16-18(11-14)32-12-31-16/h4-7,10-11,20,25-26H,3,8-9,12H2,1-2H3/b21-19+. The molecule has 168 valence electrons. The summed E-state index contributed by atoms with van der Waals surface area (Å²) in [5.74, 6) is -0.795. The molecule has 2 aromatic rings. The number of Topliss-reactive ketones (excluding diaryl/α,β-unsaturated/α-hetero) is 1. The molecule has 1 unspecified atom stereocenters. The molecule has 9 heteroatoms. The van der Waals surface area contributed by atoms with Crippen molar-refractivity contribution in [3.05, 3.63) is 53.1 Å². The Morgan fingerprint density at radius 2 is 1.94 bits per heavy atom. The van der Waals surface area contributed by atoms with Gasteiger partial charge >= 0.3 is 0 Å². The average molecular weight is 441 g/mol. The maximum Gasteiger partial charge on any atom is 0.295 e. The normalized spacial score (nSPS) is 18.9. The molecule has 32 heavy (non-hydrogen) atoms. The molecule has 1 atom stereocenters. The molecule has 2 heterocycles. The minimum absolute atomic E-state index is 0.0642. The quantitative estimate of drug-likeness (QED) is 0.383. The number of amides is 1. The first-order valence-corrected chi connectivity index (χ1v) is 10.1. The number of rotatable bonds is 7. The topological polar surface area (TPSA) is 115 Å². The van der Waals surface area contributed by atoms with Crippen LogP contribution in [-0.4, -0.2) is 60.5 Å². The number of phenols is 1. The minimum atomic E-state index is -0.893. The first-order chi connectivity index (χ1) is 15.5. The lowest BCUT2D eigenvalue weighted by atomic mass is 9.95. The molecule has 0 aromatic heterocycles. The third kappa shape index (κ3) is 3.71. The van der Waals surface area contributed by atoms with Crippen molar-refractivity contribution in [2.45, 2.75) is 13.0 Å². The second-order valence-electron chi connectivity index (χ2n) is 7.21. The van der Waals surface area contributed by atoms with E-state index in [2.05, 4.69) is 0 Å². The van der Waals surface area contributed by atoms with Crippen LogP contribution < -0.4 is 14.2 Å². The van der Waals surface area contributed by atoms with Crippen LogP contribution in [0.15, 0.2) is 42.0 Å². The number of ketones is 1. The van der Waals surface area contributed by atoms with Gasteiger partial charge in [0.1, 0.15) is 5.76 Å². The molecule has 2 aliphatic rings. The van der Waals surface area contributed by atoms with Gasteiger partial charge in [0.2, 0.25) is 6.79 Å². The zero-order valence-electron chi connectivity index (χ0n) is 17.7. The Balaban J connectivity index is 1.85. The van der Waals surface area contributed by atoms with Crippen LogP contribution in [-0.2, 0) is 14.3 Å². The van der Waals surface area contributed by atoms with Crippen LogP contribution in [0, 0.1) is 0 Å². The van der Waals surface area contributed by atoms with Gasteiger partial charge in [0.15, 0.2) is 23.0 Å². The molecular formula is C23H23NO8. The van der Waals surface area contributed by atoms with Crippen molar-refractivity contribution in [3.63, 3.8) is 0 Å². The number of phenolic OH excluding ortho intramolecular Hbond substituents is 1. The molecule has 0 bridgehead atoms. The Bertz CT molecular complexity index is 1090. The molecule has 0 spiro atoms. The summed E-state index contributed by atoms with van der Waals surface area (Å²) in [6.45, 7) is 2.49. The van der Waals surface area contributed by atoms with Crippen molar-refractivity contribution in [3.8, 4) is 23.0 Å². The molecular weight excluding hydrogens is 418 g/mol. The first kappa shape index (κ1) is 21.5. The third-order valence-corrected chi connectivity index (χ3v) is 5.32. The van der Waals surface area contributed by atoms with E-state index >= 15 is 0 Å². The molecule has 2 N–H and O–H groups in total. The van der Waals surface area contributed by atoms with Crippen LogP contribution >= 0.6 is 0 Å². The van der Waals surface area contributed by atoms with Crippen molar-refractivity contribution >= 4 is 17.4 Å². The third-order valence-electron chi connectivity index (χ3n) is 5.32. The number of nitrogens with zero attached hydrogens (tertiary/aromatic N) is 1. The van der Waals surface area contributed by atoms with Gasteiger partial charge < -0.3 is 34.1 Å². The number of aliphatic hydroxyl groups excluding tert-OH is 1. The Morgan fingerprint density at radius 3 is 2.69 bits per heavy atom. The molecule has 2 aromatic carbocycles. The predicted octanol–water partition coefficient (Wildman–Crippen LogP) is 2.59. The zero-order valence-corrected chi connectivity index (χ0v) is 17.7. The van der Waals surface area contributed by atoms with Gasteiger partial charge in [-0.25, -0.2) is 0 Å². The largest absolute Gasteiger partial charge is 0.507 e. The molecule has 1 amide bonds. The van der Waals surface area contributed by atoms with Crippen LogP contribution in [0.4, 0.5) is 0 Å². The van der Waals surface area contributed by atoms with Crippen molar-refractivity contribution in [2.75, 3.05) is 33.7 Å². The highest BCUT2D eigenvalue weighted by atomic mass is 16.7. The van der Waals surface area contributed by atoms with E-state index in [0.717, 1.165) is 0 Å². The van der Waals surface area contributed by atoms with Gasteiger partial charge in [0.05, 0.1) is 24.8 Å². The summed E-state index contributed by atoms with van der Waals surface area (Å²) < 4.78 is 21.2. The number of hydrogen-bond acceptors (Lipinski definition) is 8. The lowest BCUT2D eigenvalue weighted by molar-refractivity contribution is -0.140. The summed E-state index contributed by atoms with van der Waals surface area (Å²) in [7, 11) is 1.49. The highest BCUT2D eigenvalue weighted by Gasteiger charge is 2.46. The molecule has 9 nitrogen and oxygen atoms in total. The number of ether oxygens (including phenoxy) is 4. The second kappa shape index (κ2) is 8.80. The Kier molecular flexibility index (Phi) is 5.91. The molecule has 1 fully saturated rings. The SMILES string of the molecule is CCOc1cc(C2/C(=C(\O)c3ccc4c(c3)OCO4)C(=O)C(=O)N2CCOC)ccc1O. The van der Waals surface area contributed by atoms with E-state index in [9.17, 15) is 19.8 Å². The smallest absolute Gasteiger partial charge is 0.295 e. The van der Waals surface area contributed by atoms with E-state index in [1.54, 1.807) is 37.3 Å². The minimum Gasteiger partial charge on any atom is -0.507 e. The monoisotopic (exact) mass is 441 g/mol. The van der Waals surface area contributed by atoms with Gasteiger partial charge in [-0.05, 0) is 42.8 Å². The summed E-state index contributed by atoms with van der Waals surface area (Å²) in [5.41, 5.74) is 0.745. The van der Waals surface area contributed by atoms with Crippen LogP contribution in [0.5, 0.6) is 23.0 Å².